The number of carbonyl (C=O) groups is 2. The molecule has 1 rings (SSSR count). The first-order chi connectivity index (χ1) is 9.04. The molecule has 0 heterocycles. The zero-order chi connectivity index (χ0) is 14.3. The van der Waals surface area contributed by atoms with E-state index in [4.69, 9.17) is 4.74 Å². The van der Waals surface area contributed by atoms with Crippen molar-refractivity contribution in [2.75, 3.05) is 7.11 Å². The van der Waals surface area contributed by atoms with Crippen molar-refractivity contribution in [2.45, 2.75) is 25.0 Å². The maximum absolute atomic E-state index is 11.7. The highest BCUT2D eigenvalue weighted by Crippen LogP contribution is 2.17. The van der Waals surface area contributed by atoms with Crippen molar-refractivity contribution in [3.8, 4) is 0 Å². The monoisotopic (exact) mass is 281 g/mol. The molecule has 1 aromatic rings. The molecule has 0 aromatic heterocycles. The minimum atomic E-state index is -0.667. The molecule has 0 aliphatic carbocycles. The summed E-state index contributed by atoms with van der Waals surface area (Å²) in [6.07, 6.45) is 0. The van der Waals surface area contributed by atoms with Crippen LogP contribution < -0.4 is 5.32 Å². The number of hydrogen-bond acceptors (Lipinski definition) is 4. The third-order valence-corrected chi connectivity index (χ3v) is 3.62. The van der Waals surface area contributed by atoms with Gasteiger partial charge in [0.15, 0.2) is 5.37 Å². The van der Waals surface area contributed by atoms with Gasteiger partial charge in [0.05, 0.1) is 7.11 Å². The van der Waals surface area contributed by atoms with Crippen LogP contribution in [-0.2, 0) is 20.1 Å². The average molecular weight is 281 g/mol. The van der Waals surface area contributed by atoms with Gasteiger partial charge in [-0.3, -0.25) is 4.79 Å². The molecule has 0 spiro atoms. The van der Waals surface area contributed by atoms with Gasteiger partial charge >= 0.3 is 5.97 Å². The molecule has 4 nitrogen and oxygen atoms in total. The first kappa shape index (κ1) is 15.6. The molecule has 0 aliphatic rings. The van der Waals surface area contributed by atoms with Gasteiger partial charge < -0.3 is 10.1 Å². The zero-order valence-electron chi connectivity index (χ0n) is 11.4. The molecule has 0 fully saturated rings. The highest BCUT2D eigenvalue weighted by atomic mass is 32.2. The van der Waals surface area contributed by atoms with E-state index in [-0.39, 0.29) is 11.8 Å². The van der Waals surface area contributed by atoms with E-state index in [1.54, 1.807) is 13.8 Å². The van der Waals surface area contributed by atoms with Gasteiger partial charge in [0.25, 0.3) is 0 Å². The first-order valence-electron chi connectivity index (χ1n) is 6.08. The highest BCUT2D eigenvalue weighted by molar-refractivity contribution is 7.99. The van der Waals surface area contributed by atoms with Gasteiger partial charge in [0.2, 0.25) is 5.91 Å². The summed E-state index contributed by atoms with van der Waals surface area (Å²) in [5.74, 6) is -0.116. The van der Waals surface area contributed by atoms with Crippen molar-refractivity contribution in [1.82, 2.24) is 5.32 Å². The lowest BCUT2D eigenvalue weighted by Gasteiger charge is -2.17. The molecule has 0 radical (unpaired) electrons. The van der Waals surface area contributed by atoms with Gasteiger partial charge in [-0.25, -0.2) is 4.79 Å². The Bertz CT molecular complexity index is 420. The summed E-state index contributed by atoms with van der Waals surface area (Å²) in [4.78, 5) is 23.3. The van der Waals surface area contributed by atoms with Gasteiger partial charge in [-0.05, 0) is 5.56 Å². The normalized spacial score (nSPS) is 12.0. The Hall–Kier alpha value is -1.49. The van der Waals surface area contributed by atoms with Crippen LogP contribution in [0.5, 0.6) is 0 Å². The lowest BCUT2D eigenvalue weighted by molar-refractivity contribution is -0.142. The Morgan fingerprint density at radius 2 is 1.89 bits per heavy atom. The number of ether oxygens (including phenoxy) is 1. The van der Waals surface area contributed by atoms with Crippen molar-refractivity contribution in [1.29, 1.82) is 0 Å². The summed E-state index contributed by atoms with van der Waals surface area (Å²) < 4.78 is 4.71. The topological polar surface area (TPSA) is 55.4 Å². The standard InChI is InChI=1S/C14H19NO3S/c1-10(2)12(16)15-13(14(17)18-3)19-9-11-7-5-4-6-8-11/h4-8,10,13H,9H2,1-3H3,(H,15,16). The molecule has 1 aromatic carbocycles. The molecular formula is C14H19NO3S. The number of hydrogen-bond donors (Lipinski definition) is 1. The Labute approximate surface area is 117 Å². The lowest BCUT2D eigenvalue weighted by Crippen LogP contribution is -2.41. The first-order valence-corrected chi connectivity index (χ1v) is 7.13. The Morgan fingerprint density at radius 3 is 2.42 bits per heavy atom. The second kappa shape index (κ2) is 7.84. The van der Waals surface area contributed by atoms with Crippen LogP contribution in [0.3, 0.4) is 0 Å². The number of benzene rings is 1. The Balaban J connectivity index is 2.60. The summed E-state index contributed by atoms with van der Waals surface area (Å²) >= 11 is 1.35. The molecule has 1 atom stereocenters. The zero-order valence-corrected chi connectivity index (χ0v) is 12.2. The largest absolute Gasteiger partial charge is 0.467 e. The number of esters is 1. The van der Waals surface area contributed by atoms with E-state index in [1.165, 1.54) is 18.9 Å². The number of carbonyl (C=O) groups excluding carboxylic acids is 2. The molecule has 1 N–H and O–H groups in total. The SMILES string of the molecule is COC(=O)C(NC(=O)C(C)C)SCc1ccccc1. The Morgan fingerprint density at radius 1 is 1.26 bits per heavy atom. The average Bonchev–Trinajstić information content (AvgIpc) is 2.43. The van der Waals surface area contributed by atoms with Crippen LogP contribution in [0.1, 0.15) is 19.4 Å². The highest BCUT2D eigenvalue weighted by Gasteiger charge is 2.23. The van der Waals surface area contributed by atoms with E-state index >= 15 is 0 Å². The van der Waals surface area contributed by atoms with Crippen LogP contribution in [0, 0.1) is 5.92 Å². The van der Waals surface area contributed by atoms with Crippen molar-refractivity contribution < 1.29 is 14.3 Å². The molecule has 1 amide bonds. The maximum atomic E-state index is 11.7. The van der Waals surface area contributed by atoms with E-state index in [2.05, 4.69) is 5.32 Å². The molecule has 0 saturated heterocycles. The summed E-state index contributed by atoms with van der Waals surface area (Å²) in [6.45, 7) is 3.57. The minimum Gasteiger partial charge on any atom is -0.467 e. The van der Waals surface area contributed by atoms with E-state index in [0.717, 1.165) is 5.56 Å². The molecule has 0 saturated carbocycles. The summed E-state index contributed by atoms with van der Waals surface area (Å²) in [6, 6.07) is 9.77. The smallest absolute Gasteiger partial charge is 0.339 e. The molecule has 104 valence electrons. The van der Waals surface area contributed by atoms with E-state index < -0.39 is 11.3 Å². The van der Waals surface area contributed by atoms with Gasteiger partial charge in [0, 0.05) is 11.7 Å². The summed E-state index contributed by atoms with van der Waals surface area (Å²) in [5, 5.41) is 2.02. The second-order valence-corrected chi connectivity index (χ2v) is 5.46. The predicted molar refractivity (Wildman–Crippen MR) is 76.5 cm³/mol. The van der Waals surface area contributed by atoms with Gasteiger partial charge in [-0.2, -0.15) is 0 Å². The van der Waals surface area contributed by atoms with Crippen molar-refractivity contribution in [2.24, 2.45) is 5.92 Å². The number of thioether (sulfide) groups is 1. The fourth-order valence-electron chi connectivity index (χ4n) is 1.33. The minimum absolute atomic E-state index is 0.157. The van der Waals surface area contributed by atoms with E-state index in [9.17, 15) is 9.59 Å². The van der Waals surface area contributed by atoms with Crippen LogP contribution in [0.15, 0.2) is 30.3 Å². The van der Waals surface area contributed by atoms with Crippen molar-refractivity contribution in [3.63, 3.8) is 0 Å². The molecule has 0 bridgehead atoms. The summed E-state index contributed by atoms with van der Waals surface area (Å²) in [7, 11) is 1.32. The fourth-order valence-corrected chi connectivity index (χ4v) is 2.31. The number of rotatable bonds is 6. The predicted octanol–water partition coefficient (Wildman–Crippen LogP) is 2.19. The summed E-state index contributed by atoms with van der Waals surface area (Å²) in [5.41, 5.74) is 1.10. The van der Waals surface area contributed by atoms with Crippen LogP contribution in [0.4, 0.5) is 0 Å². The number of nitrogens with one attached hydrogen (secondary N) is 1. The van der Waals surface area contributed by atoms with Gasteiger partial charge in [-0.15, -0.1) is 11.8 Å². The lowest BCUT2D eigenvalue weighted by atomic mass is 10.2. The Kier molecular flexibility index (Phi) is 6.42. The maximum Gasteiger partial charge on any atom is 0.339 e. The van der Waals surface area contributed by atoms with Crippen molar-refractivity contribution >= 4 is 23.6 Å². The third-order valence-electron chi connectivity index (χ3n) is 2.47. The third kappa shape index (κ3) is 5.34. The molecule has 0 aliphatic heterocycles. The second-order valence-electron chi connectivity index (χ2n) is 4.36. The number of methoxy groups -OCH3 is 1. The van der Waals surface area contributed by atoms with Gasteiger partial charge in [0.1, 0.15) is 0 Å². The van der Waals surface area contributed by atoms with Gasteiger partial charge in [-0.1, -0.05) is 44.2 Å². The van der Waals surface area contributed by atoms with Crippen LogP contribution in [-0.4, -0.2) is 24.4 Å². The number of amides is 1. The van der Waals surface area contributed by atoms with E-state index in [0.29, 0.717) is 5.75 Å². The fraction of sp³-hybridized carbons (Fsp3) is 0.429. The van der Waals surface area contributed by atoms with Crippen molar-refractivity contribution in [3.05, 3.63) is 35.9 Å². The van der Waals surface area contributed by atoms with Crippen LogP contribution in [0.2, 0.25) is 0 Å². The molecule has 19 heavy (non-hydrogen) atoms. The van der Waals surface area contributed by atoms with Crippen LogP contribution >= 0.6 is 11.8 Å². The van der Waals surface area contributed by atoms with Crippen LogP contribution in [0.25, 0.3) is 0 Å². The molecule has 5 heteroatoms. The molecule has 1 unspecified atom stereocenters. The van der Waals surface area contributed by atoms with E-state index in [1.807, 2.05) is 30.3 Å². The molecular weight excluding hydrogens is 262 g/mol. The quantitative estimate of drug-likeness (QED) is 0.641.